The first-order valence-corrected chi connectivity index (χ1v) is 5.74. The lowest BCUT2D eigenvalue weighted by Crippen LogP contribution is -2.14. The Morgan fingerprint density at radius 1 is 0.875 bits per heavy atom. The van der Waals surface area contributed by atoms with E-state index in [0.717, 1.165) is 0 Å². The van der Waals surface area contributed by atoms with Gasteiger partial charge in [0, 0.05) is 5.92 Å². The van der Waals surface area contributed by atoms with Crippen molar-refractivity contribution >= 4 is 6.08 Å². The van der Waals surface area contributed by atoms with Crippen molar-refractivity contribution in [3.05, 3.63) is 77.4 Å². The third-order valence-electron chi connectivity index (χ3n) is 3.21. The van der Waals surface area contributed by atoms with Gasteiger partial charge >= 0.3 is 0 Å². The molecular weight excluding hydrogens is 192 g/mol. The predicted octanol–water partition coefficient (Wildman–Crippen LogP) is 4.04. The fraction of sp³-hybridized carbons (Fsp3) is 0.125. The highest BCUT2D eigenvalue weighted by Gasteiger charge is 2.22. The van der Waals surface area contributed by atoms with Crippen LogP contribution >= 0.6 is 0 Å². The van der Waals surface area contributed by atoms with E-state index in [4.69, 9.17) is 0 Å². The molecule has 78 valence electrons. The van der Waals surface area contributed by atoms with E-state index in [2.05, 4.69) is 66.7 Å². The Bertz CT molecular complexity index is 509. The Balaban J connectivity index is 1.77. The van der Waals surface area contributed by atoms with Crippen LogP contribution in [0.2, 0.25) is 0 Å². The highest BCUT2D eigenvalue weighted by atomic mass is 14.3. The minimum Gasteiger partial charge on any atom is -0.0761 e. The van der Waals surface area contributed by atoms with Crippen LogP contribution in [0.3, 0.4) is 0 Å². The Morgan fingerprint density at radius 2 is 1.62 bits per heavy atom. The number of hydrogen-bond donors (Lipinski definition) is 0. The summed E-state index contributed by atoms with van der Waals surface area (Å²) in [6.07, 6.45) is 5.73. The van der Waals surface area contributed by atoms with Gasteiger partial charge < -0.3 is 0 Å². The maximum Gasteiger partial charge on any atom is 0.00645 e. The molecule has 2 aromatic carbocycles. The fourth-order valence-electron chi connectivity index (χ4n) is 2.26. The van der Waals surface area contributed by atoms with Gasteiger partial charge in [-0.1, -0.05) is 66.7 Å². The second-order valence-corrected chi connectivity index (χ2v) is 4.28. The average molecular weight is 206 g/mol. The van der Waals surface area contributed by atoms with Gasteiger partial charge in [-0.15, -0.1) is 0 Å². The topological polar surface area (TPSA) is 0 Å². The van der Waals surface area contributed by atoms with E-state index >= 15 is 0 Å². The van der Waals surface area contributed by atoms with Gasteiger partial charge in [0.1, 0.15) is 0 Å². The molecule has 1 aliphatic rings. The van der Waals surface area contributed by atoms with Crippen LogP contribution in [-0.2, 0) is 6.42 Å². The largest absolute Gasteiger partial charge is 0.0761 e. The van der Waals surface area contributed by atoms with E-state index < -0.39 is 0 Å². The summed E-state index contributed by atoms with van der Waals surface area (Å²) in [6.45, 7) is 0. The van der Waals surface area contributed by atoms with E-state index in [1.54, 1.807) is 0 Å². The van der Waals surface area contributed by atoms with Crippen molar-refractivity contribution in [2.24, 2.45) is 0 Å². The van der Waals surface area contributed by atoms with E-state index in [1.807, 2.05) is 0 Å². The lowest BCUT2D eigenvalue weighted by Gasteiger charge is -2.27. The van der Waals surface area contributed by atoms with Crippen LogP contribution < -0.4 is 0 Å². The zero-order valence-electron chi connectivity index (χ0n) is 9.14. The highest BCUT2D eigenvalue weighted by molar-refractivity contribution is 5.53. The van der Waals surface area contributed by atoms with Crippen molar-refractivity contribution in [2.75, 3.05) is 0 Å². The summed E-state index contributed by atoms with van der Waals surface area (Å²) in [5.41, 5.74) is 4.28. The molecule has 0 nitrogen and oxygen atoms in total. The van der Waals surface area contributed by atoms with Crippen molar-refractivity contribution in [1.29, 1.82) is 0 Å². The quantitative estimate of drug-likeness (QED) is 0.695. The molecule has 1 atom stereocenters. The maximum absolute atomic E-state index is 2.32. The summed E-state index contributed by atoms with van der Waals surface area (Å²) in [6, 6.07) is 19.2. The summed E-state index contributed by atoms with van der Waals surface area (Å²) in [7, 11) is 0. The fourth-order valence-corrected chi connectivity index (χ4v) is 2.26. The smallest absolute Gasteiger partial charge is 0.00645 e. The molecular formula is C16H14. The van der Waals surface area contributed by atoms with Crippen molar-refractivity contribution in [3.8, 4) is 0 Å². The maximum atomic E-state index is 2.32. The molecule has 0 aromatic heterocycles. The Kier molecular flexibility index (Phi) is 2.34. The van der Waals surface area contributed by atoms with Gasteiger partial charge in [-0.25, -0.2) is 0 Å². The van der Waals surface area contributed by atoms with Gasteiger partial charge in [-0.3, -0.25) is 0 Å². The Labute approximate surface area is 96.3 Å². The zero-order valence-corrected chi connectivity index (χ0v) is 9.14. The van der Waals surface area contributed by atoms with Gasteiger partial charge in [0.2, 0.25) is 0 Å². The molecule has 0 heteroatoms. The minimum absolute atomic E-state index is 0.622. The van der Waals surface area contributed by atoms with Crippen LogP contribution in [0.1, 0.15) is 22.6 Å². The number of allylic oxidation sites excluding steroid dienone is 1. The average Bonchev–Trinajstić information content (AvgIpc) is 2.32. The third kappa shape index (κ3) is 1.67. The summed E-state index contributed by atoms with van der Waals surface area (Å²) in [5, 5.41) is 0. The Hall–Kier alpha value is -1.82. The molecule has 3 rings (SSSR count). The van der Waals surface area contributed by atoms with Crippen LogP contribution in [0, 0.1) is 0 Å². The summed E-state index contributed by atoms with van der Waals surface area (Å²) in [5.74, 6) is 0.622. The molecule has 1 unspecified atom stereocenters. The van der Waals surface area contributed by atoms with E-state index in [9.17, 15) is 0 Å². The number of hydrogen-bond acceptors (Lipinski definition) is 0. The molecule has 0 amide bonds. The lowest BCUT2D eigenvalue weighted by atomic mass is 9.77. The molecule has 0 spiro atoms. The van der Waals surface area contributed by atoms with Crippen LogP contribution in [0.5, 0.6) is 0 Å². The summed E-state index contributed by atoms with van der Waals surface area (Å²) in [4.78, 5) is 0. The first-order valence-electron chi connectivity index (χ1n) is 5.74. The SMILES string of the molecule is C(=C\C1Cc2ccccc21)/c1ccccc1. The van der Waals surface area contributed by atoms with E-state index in [1.165, 1.54) is 23.1 Å². The van der Waals surface area contributed by atoms with E-state index in [-0.39, 0.29) is 0 Å². The predicted molar refractivity (Wildman–Crippen MR) is 68.4 cm³/mol. The molecule has 0 heterocycles. The van der Waals surface area contributed by atoms with Gasteiger partial charge in [-0.05, 0) is 23.1 Å². The molecule has 0 bridgehead atoms. The normalized spacial score (nSPS) is 18.1. The van der Waals surface area contributed by atoms with Crippen LogP contribution in [0.4, 0.5) is 0 Å². The van der Waals surface area contributed by atoms with Crippen LogP contribution in [-0.4, -0.2) is 0 Å². The molecule has 0 N–H and O–H groups in total. The molecule has 1 aliphatic carbocycles. The van der Waals surface area contributed by atoms with E-state index in [0.29, 0.717) is 5.92 Å². The number of fused-ring (bicyclic) bond motifs is 1. The molecule has 0 radical (unpaired) electrons. The van der Waals surface area contributed by atoms with Gasteiger partial charge in [0.05, 0.1) is 0 Å². The molecule has 0 saturated heterocycles. The first-order chi connectivity index (χ1) is 7.93. The second-order valence-electron chi connectivity index (χ2n) is 4.28. The van der Waals surface area contributed by atoms with Gasteiger partial charge in [0.15, 0.2) is 0 Å². The summed E-state index contributed by atoms with van der Waals surface area (Å²) < 4.78 is 0. The lowest BCUT2D eigenvalue weighted by molar-refractivity contribution is 0.735. The Morgan fingerprint density at radius 3 is 2.44 bits per heavy atom. The molecule has 2 aromatic rings. The minimum atomic E-state index is 0.622. The summed E-state index contributed by atoms with van der Waals surface area (Å²) >= 11 is 0. The molecule has 0 fully saturated rings. The zero-order chi connectivity index (χ0) is 10.8. The van der Waals surface area contributed by atoms with Crippen LogP contribution in [0.15, 0.2) is 60.7 Å². The van der Waals surface area contributed by atoms with Gasteiger partial charge in [-0.2, -0.15) is 0 Å². The second kappa shape index (κ2) is 3.97. The monoisotopic (exact) mass is 206 g/mol. The standard InChI is InChI=1S/C16H14/c1-2-6-13(7-3-1)10-11-15-12-14-8-4-5-9-16(14)15/h1-11,15H,12H2/b11-10+. The van der Waals surface area contributed by atoms with Crippen molar-refractivity contribution in [2.45, 2.75) is 12.3 Å². The third-order valence-corrected chi connectivity index (χ3v) is 3.21. The molecule has 0 aliphatic heterocycles. The molecule has 16 heavy (non-hydrogen) atoms. The van der Waals surface area contributed by atoms with Crippen LogP contribution in [0.25, 0.3) is 6.08 Å². The van der Waals surface area contributed by atoms with Crippen molar-refractivity contribution in [3.63, 3.8) is 0 Å². The first kappa shape index (κ1) is 9.41. The number of benzene rings is 2. The highest BCUT2D eigenvalue weighted by Crippen LogP contribution is 2.35. The van der Waals surface area contributed by atoms with Gasteiger partial charge in [0.25, 0.3) is 0 Å². The molecule has 0 saturated carbocycles. The number of rotatable bonds is 2. The van der Waals surface area contributed by atoms with Crippen molar-refractivity contribution in [1.82, 2.24) is 0 Å². The van der Waals surface area contributed by atoms with Crippen molar-refractivity contribution < 1.29 is 0 Å².